The average molecular weight is 384 g/mol. The van der Waals surface area contributed by atoms with Crippen molar-refractivity contribution in [2.45, 2.75) is 71.1 Å². The van der Waals surface area contributed by atoms with E-state index in [1.54, 1.807) is 0 Å². The molecule has 0 aromatic heterocycles. The minimum atomic E-state index is -0.152. The van der Waals surface area contributed by atoms with Crippen LogP contribution in [0.5, 0.6) is 0 Å². The summed E-state index contributed by atoms with van der Waals surface area (Å²) in [6, 6.07) is 0. The number of ether oxygens (including phenoxy) is 1. The summed E-state index contributed by atoms with van der Waals surface area (Å²) in [6.07, 6.45) is 27.9. The number of carbonyl (C=O) groups excluding carboxylic acids is 1. The minimum Gasteiger partial charge on any atom is -0.464 e. The molecular formula is C22H38ClNO2. The normalized spacial score (nSPS) is 11.8. The Kier molecular flexibility index (Phi) is 24.5. The Morgan fingerprint density at radius 3 is 1.81 bits per heavy atom. The number of hydrogen-bond donors (Lipinski definition) is 1. The molecule has 0 atom stereocenters. The summed E-state index contributed by atoms with van der Waals surface area (Å²) in [7, 11) is 0. The SMILES string of the molecule is CCCCC/C=C/C/C=C/C/C=C/C/C=C/CCCC(=O)OCCN.Cl. The van der Waals surface area contributed by atoms with E-state index in [0.29, 0.717) is 19.6 Å². The number of halogens is 1. The molecule has 0 heterocycles. The Morgan fingerprint density at radius 1 is 0.808 bits per heavy atom. The van der Waals surface area contributed by atoms with Gasteiger partial charge in [-0.15, -0.1) is 12.4 Å². The van der Waals surface area contributed by atoms with Crippen LogP contribution in [0.15, 0.2) is 48.6 Å². The molecule has 0 bridgehead atoms. The number of allylic oxidation sites excluding steroid dienone is 8. The highest BCUT2D eigenvalue weighted by Gasteiger charge is 1.99. The van der Waals surface area contributed by atoms with Crippen LogP contribution < -0.4 is 5.73 Å². The second-order valence-corrected chi connectivity index (χ2v) is 5.99. The van der Waals surface area contributed by atoms with Crippen molar-refractivity contribution in [2.24, 2.45) is 5.73 Å². The molecule has 2 N–H and O–H groups in total. The van der Waals surface area contributed by atoms with Gasteiger partial charge >= 0.3 is 5.97 Å². The van der Waals surface area contributed by atoms with Crippen LogP contribution in [-0.4, -0.2) is 19.1 Å². The number of hydrogen-bond acceptors (Lipinski definition) is 3. The molecule has 26 heavy (non-hydrogen) atoms. The van der Waals surface area contributed by atoms with E-state index < -0.39 is 0 Å². The Bertz CT molecular complexity index is 414. The molecule has 0 aliphatic heterocycles. The van der Waals surface area contributed by atoms with E-state index in [2.05, 4.69) is 55.5 Å². The van der Waals surface area contributed by atoms with Crippen LogP contribution in [0.25, 0.3) is 0 Å². The standard InChI is InChI=1S/C22H37NO2.ClH/c1-2-3-4-5-6-7-8-9-10-11-12-13-14-15-16-17-18-19-22(24)25-21-20-23;/h6-7,9-10,12-13,15-16H,2-5,8,11,14,17-21,23H2,1H3;1H/b7-6+,10-9+,13-12+,16-15+;. The molecule has 0 fully saturated rings. The van der Waals surface area contributed by atoms with Crippen molar-refractivity contribution in [3.8, 4) is 0 Å². The van der Waals surface area contributed by atoms with Crippen molar-refractivity contribution < 1.29 is 9.53 Å². The van der Waals surface area contributed by atoms with Gasteiger partial charge in [0, 0.05) is 13.0 Å². The van der Waals surface area contributed by atoms with Gasteiger partial charge in [0.2, 0.25) is 0 Å². The minimum absolute atomic E-state index is 0. The largest absolute Gasteiger partial charge is 0.464 e. The predicted molar refractivity (Wildman–Crippen MR) is 116 cm³/mol. The number of carbonyl (C=O) groups is 1. The molecule has 0 spiro atoms. The van der Waals surface area contributed by atoms with Gasteiger partial charge in [0.15, 0.2) is 0 Å². The van der Waals surface area contributed by atoms with Crippen molar-refractivity contribution in [1.29, 1.82) is 0 Å². The van der Waals surface area contributed by atoms with Gasteiger partial charge in [-0.3, -0.25) is 4.79 Å². The summed E-state index contributed by atoms with van der Waals surface area (Å²) < 4.78 is 4.91. The molecule has 0 unspecified atom stereocenters. The highest BCUT2D eigenvalue weighted by Crippen LogP contribution is 2.02. The van der Waals surface area contributed by atoms with Gasteiger partial charge in [-0.1, -0.05) is 68.4 Å². The van der Waals surface area contributed by atoms with Crippen LogP contribution in [-0.2, 0) is 9.53 Å². The first kappa shape index (κ1) is 26.9. The molecule has 0 saturated heterocycles. The lowest BCUT2D eigenvalue weighted by molar-refractivity contribution is -0.143. The number of rotatable bonds is 16. The van der Waals surface area contributed by atoms with Crippen molar-refractivity contribution in [1.82, 2.24) is 0 Å². The summed E-state index contributed by atoms with van der Waals surface area (Å²) in [5.41, 5.74) is 5.27. The lowest BCUT2D eigenvalue weighted by atomic mass is 10.2. The summed E-state index contributed by atoms with van der Waals surface area (Å²) in [5, 5.41) is 0. The Morgan fingerprint density at radius 2 is 1.31 bits per heavy atom. The van der Waals surface area contributed by atoms with E-state index in [4.69, 9.17) is 10.5 Å². The topological polar surface area (TPSA) is 52.3 Å². The number of nitrogens with two attached hydrogens (primary N) is 1. The molecule has 150 valence electrons. The van der Waals surface area contributed by atoms with Crippen LogP contribution in [0.3, 0.4) is 0 Å². The highest BCUT2D eigenvalue weighted by molar-refractivity contribution is 5.85. The second-order valence-electron chi connectivity index (χ2n) is 5.99. The molecule has 0 aromatic carbocycles. The molecule has 0 amide bonds. The van der Waals surface area contributed by atoms with E-state index in [9.17, 15) is 4.79 Å². The lowest BCUT2D eigenvalue weighted by Crippen LogP contribution is -2.13. The van der Waals surface area contributed by atoms with Gasteiger partial charge < -0.3 is 10.5 Å². The van der Waals surface area contributed by atoms with E-state index in [1.807, 2.05) is 0 Å². The highest BCUT2D eigenvalue weighted by atomic mass is 35.5. The Hall–Kier alpha value is -1.32. The summed E-state index contributed by atoms with van der Waals surface area (Å²) >= 11 is 0. The first-order valence-corrected chi connectivity index (χ1v) is 9.77. The van der Waals surface area contributed by atoms with Crippen LogP contribution >= 0.6 is 12.4 Å². The predicted octanol–water partition coefficient (Wildman–Crippen LogP) is 6.06. The maximum absolute atomic E-state index is 11.2. The Labute approximate surface area is 166 Å². The van der Waals surface area contributed by atoms with Gasteiger partial charge in [0.05, 0.1) is 0 Å². The number of unbranched alkanes of at least 4 members (excludes halogenated alkanes) is 4. The van der Waals surface area contributed by atoms with Crippen LogP contribution in [0, 0.1) is 0 Å². The maximum Gasteiger partial charge on any atom is 0.305 e. The molecule has 0 rings (SSSR count). The molecule has 0 radical (unpaired) electrons. The zero-order valence-corrected chi connectivity index (χ0v) is 17.2. The molecule has 0 aliphatic rings. The smallest absolute Gasteiger partial charge is 0.305 e. The fraction of sp³-hybridized carbons (Fsp3) is 0.591. The summed E-state index contributed by atoms with van der Waals surface area (Å²) in [4.78, 5) is 11.2. The quantitative estimate of drug-likeness (QED) is 0.200. The fourth-order valence-corrected chi connectivity index (χ4v) is 2.17. The fourth-order valence-electron chi connectivity index (χ4n) is 2.17. The maximum atomic E-state index is 11.2. The van der Waals surface area contributed by atoms with E-state index in [0.717, 1.165) is 32.1 Å². The molecular weight excluding hydrogens is 346 g/mol. The van der Waals surface area contributed by atoms with Gasteiger partial charge in [-0.2, -0.15) is 0 Å². The average Bonchev–Trinajstić information content (AvgIpc) is 2.62. The number of esters is 1. The lowest BCUT2D eigenvalue weighted by Gasteiger charge is -2.00. The first-order chi connectivity index (χ1) is 12.3. The van der Waals surface area contributed by atoms with Crippen molar-refractivity contribution >= 4 is 18.4 Å². The summed E-state index contributed by atoms with van der Waals surface area (Å²) in [5.74, 6) is -0.152. The molecule has 0 aromatic rings. The Balaban J connectivity index is 0. The van der Waals surface area contributed by atoms with Gasteiger partial charge in [0.25, 0.3) is 0 Å². The van der Waals surface area contributed by atoms with Crippen molar-refractivity contribution in [3.05, 3.63) is 48.6 Å². The van der Waals surface area contributed by atoms with Crippen LogP contribution in [0.1, 0.15) is 71.1 Å². The van der Waals surface area contributed by atoms with E-state index in [1.165, 1.54) is 25.7 Å². The van der Waals surface area contributed by atoms with Crippen LogP contribution in [0.2, 0.25) is 0 Å². The van der Waals surface area contributed by atoms with Gasteiger partial charge in [0.1, 0.15) is 6.61 Å². The first-order valence-electron chi connectivity index (χ1n) is 9.77. The summed E-state index contributed by atoms with van der Waals surface area (Å²) in [6.45, 7) is 2.95. The monoisotopic (exact) mass is 383 g/mol. The van der Waals surface area contributed by atoms with Crippen molar-refractivity contribution in [2.75, 3.05) is 13.2 Å². The second kappa shape index (κ2) is 23.7. The third kappa shape index (κ3) is 22.7. The third-order valence-electron chi connectivity index (χ3n) is 3.59. The molecule has 0 saturated carbocycles. The zero-order chi connectivity index (χ0) is 18.4. The molecule has 4 heteroatoms. The molecule has 0 aliphatic carbocycles. The van der Waals surface area contributed by atoms with Gasteiger partial charge in [-0.25, -0.2) is 0 Å². The van der Waals surface area contributed by atoms with E-state index >= 15 is 0 Å². The van der Waals surface area contributed by atoms with Crippen LogP contribution in [0.4, 0.5) is 0 Å². The zero-order valence-electron chi connectivity index (χ0n) is 16.4. The van der Waals surface area contributed by atoms with Gasteiger partial charge in [-0.05, 0) is 44.9 Å². The van der Waals surface area contributed by atoms with E-state index in [-0.39, 0.29) is 18.4 Å². The van der Waals surface area contributed by atoms with Crippen molar-refractivity contribution in [3.63, 3.8) is 0 Å². The molecule has 3 nitrogen and oxygen atoms in total. The third-order valence-corrected chi connectivity index (χ3v) is 3.59.